The maximum absolute atomic E-state index is 4.95. The summed E-state index contributed by atoms with van der Waals surface area (Å²) in [5.41, 5.74) is 3.98. The van der Waals surface area contributed by atoms with E-state index in [1.807, 2.05) is 0 Å². The fraction of sp³-hybridized carbons (Fsp3) is 0.500. The van der Waals surface area contributed by atoms with Gasteiger partial charge in [-0.3, -0.25) is 4.99 Å². The normalized spacial score (nSPS) is 20.2. The number of nitrogens with one attached hydrogen (secondary N) is 2. The predicted octanol–water partition coefficient (Wildman–Crippen LogP) is 4.43. The number of nitrogens with zero attached hydrogens (tertiary/aromatic N) is 3. The zero-order valence-electron chi connectivity index (χ0n) is 19.1. The predicted molar refractivity (Wildman–Crippen MR) is 132 cm³/mol. The van der Waals surface area contributed by atoms with E-state index in [0.29, 0.717) is 5.92 Å². The van der Waals surface area contributed by atoms with Gasteiger partial charge in [-0.2, -0.15) is 0 Å². The second kappa shape index (κ2) is 10.6. The zero-order valence-corrected chi connectivity index (χ0v) is 19.1. The maximum Gasteiger partial charge on any atom is 0.191 e. The van der Waals surface area contributed by atoms with Crippen molar-refractivity contribution in [2.45, 2.75) is 39.2 Å². The molecule has 0 aromatic heterocycles. The van der Waals surface area contributed by atoms with Crippen molar-refractivity contribution in [3.05, 3.63) is 60.2 Å². The molecule has 2 atom stereocenters. The Bertz CT molecular complexity index is 844. The van der Waals surface area contributed by atoms with E-state index in [1.165, 1.54) is 49.3 Å². The number of para-hydroxylation sites is 1. The van der Waals surface area contributed by atoms with Gasteiger partial charge in [-0.1, -0.05) is 30.3 Å². The van der Waals surface area contributed by atoms with Gasteiger partial charge in [-0.05, 0) is 68.9 Å². The number of guanidine groups is 1. The molecule has 2 saturated heterocycles. The highest BCUT2D eigenvalue weighted by atomic mass is 15.2. The molecule has 0 saturated carbocycles. The first kappa shape index (κ1) is 21.5. The van der Waals surface area contributed by atoms with E-state index >= 15 is 0 Å². The van der Waals surface area contributed by atoms with Gasteiger partial charge in [-0.15, -0.1) is 0 Å². The van der Waals surface area contributed by atoms with E-state index in [4.69, 9.17) is 4.99 Å². The van der Waals surface area contributed by atoms with Crippen LogP contribution in [0.5, 0.6) is 0 Å². The van der Waals surface area contributed by atoms with Crippen molar-refractivity contribution in [1.82, 2.24) is 10.6 Å². The quantitative estimate of drug-likeness (QED) is 0.515. The van der Waals surface area contributed by atoms with Gasteiger partial charge in [0.2, 0.25) is 0 Å². The molecular formula is C26H37N5. The molecule has 2 fully saturated rings. The van der Waals surface area contributed by atoms with Crippen LogP contribution in [0.3, 0.4) is 0 Å². The Kier molecular flexibility index (Phi) is 7.34. The summed E-state index contributed by atoms with van der Waals surface area (Å²) in [6, 6.07) is 19.9. The fourth-order valence-corrected chi connectivity index (χ4v) is 4.65. The first-order valence-electron chi connectivity index (χ1n) is 11.9. The standard InChI is InChI=1S/C26H37N5/c1-3-27-26(28-19-22-14-17-31(20-22)24-11-5-4-6-12-24)29-21(2)23-10-9-13-25(18-23)30-15-7-8-16-30/h4-6,9-13,18,21-22H,3,7-8,14-17,19-20H2,1-2H3,(H2,27,28,29). The van der Waals surface area contributed by atoms with Gasteiger partial charge >= 0.3 is 0 Å². The van der Waals surface area contributed by atoms with E-state index in [1.54, 1.807) is 0 Å². The van der Waals surface area contributed by atoms with Crippen LogP contribution in [0.2, 0.25) is 0 Å². The molecule has 4 rings (SSSR count). The smallest absolute Gasteiger partial charge is 0.191 e. The highest BCUT2D eigenvalue weighted by molar-refractivity contribution is 5.80. The molecular weight excluding hydrogens is 382 g/mol. The maximum atomic E-state index is 4.95. The third kappa shape index (κ3) is 5.72. The van der Waals surface area contributed by atoms with E-state index < -0.39 is 0 Å². The van der Waals surface area contributed by atoms with Crippen molar-refractivity contribution in [3.63, 3.8) is 0 Å². The third-order valence-corrected chi connectivity index (χ3v) is 6.45. The van der Waals surface area contributed by atoms with Crippen LogP contribution in [0.1, 0.15) is 44.7 Å². The summed E-state index contributed by atoms with van der Waals surface area (Å²) >= 11 is 0. The van der Waals surface area contributed by atoms with Gasteiger partial charge in [0.1, 0.15) is 0 Å². The molecule has 0 bridgehead atoms. The second-order valence-corrected chi connectivity index (χ2v) is 8.81. The summed E-state index contributed by atoms with van der Waals surface area (Å²) in [7, 11) is 0. The van der Waals surface area contributed by atoms with Crippen molar-refractivity contribution in [1.29, 1.82) is 0 Å². The summed E-state index contributed by atoms with van der Waals surface area (Å²) in [6.07, 6.45) is 3.81. The monoisotopic (exact) mass is 419 g/mol. The number of benzene rings is 2. The second-order valence-electron chi connectivity index (χ2n) is 8.81. The van der Waals surface area contributed by atoms with Gasteiger partial charge in [0.05, 0.1) is 6.04 Å². The molecule has 2 aliphatic heterocycles. The van der Waals surface area contributed by atoms with Crippen molar-refractivity contribution in [3.8, 4) is 0 Å². The van der Waals surface area contributed by atoms with Crippen LogP contribution in [-0.2, 0) is 0 Å². The largest absolute Gasteiger partial charge is 0.372 e. The van der Waals surface area contributed by atoms with Crippen molar-refractivity contribution in [2.75, 3.05) is 49.1 Å². The molecule has 0 radical (unpaired) electrons. The molecule has 2 N–H and O–H groups in total. The lowest BCUT2D eigenvalue weighted by Crippen LogP contribution is -2.39. The molecule has 0 spiro atoms. The molecule has 2 aliphatic rings. The molecule has 0 aliphatic carbocycles. The van der Waals surface area contributed by atoms with Gasteiger partial charge in [0, 0.05) is 50.6 Å². The molecule has 166 valence electrons. The Hall–Kier alpha value is -2.69. The van der Waals surface area contributed by atoms with Gasteiger partial charge < -0.3 is 20.4 Å². The van der Waals surface area contributed by atoms with E-state index in [0.717, 1.165) is 32.1 Å². The molecule has 5 nitrogen and oxygen atoms in total. The van der Waals surface area contributed by atoms with Crippen LogP contribution >= 0.6 is 0 Å². The van der Waals surface area contributed by atoms with Crippen LogP contribution in [0.15, 0.2) is 59.6 Å². The summed E-state index contributed by atoms with van der Waals surface area (Å²) in [5, 5.41) is 7.06. The van der Waals surface area contributed by atoms with Crippen LogP contribution in [0.25, 0.3) is 0 Å². The van der Waals surface area contributed by atoms with E-state index in [2.05, 4.69) is 88.9 Å². The van der Waals surface area contributed by atoms with Crippen LogP contribution in [0.4, 0.5) is 11.4 Å². The van der Waals surface area contributed by atoms with Crippen LogP contribution in [0, 0.1) is 5.92 Å². The van der Waals surface area contributed by atoms with E-state index in [-0.39, 0.29) is 6.04 Å². The zero-order chi connectivity index (χ0) is 21.5. The SMILES string of the molecule is CCNC(=NCC1CCN(c2ccccc2)C1)NC(C)c1cccc(N2CCCC2)c1. The van der Waals surface area contributed by atoms with Crippen molar-refractivity contribution >= 4 is 17.3 Å². The Morgan fingerprint density at radius 3 is 2.55 bits per heavy atom. The number of hydrogen-bond acceptors (Lipinski definition) is 3. The number of hydrogen-bond donors (Lipinski definition) is 2. The Morgan fingerprint density at radius 2 is 1.77 bits per heavy atom. The average molecular weight is 420 g/mol. The molecule has 31 heavy (non-hydrogen) atoms. The molecule has 2 aromatic rings. The topological polar surface area (TPSA) is 42.9 Å². The fourth-order valence-electron chi connectivity index (χ4n) is 4.65. The lowest BCUT2D eigenvalue weighted by atomic mass is 10.1. The average Bonchev–Trinajstić information content (AvgIpc) is 3.51. The molecule has 2 unspecified atom stereocenters. The Morgan fingerprint density at radius 1 is 1.00 bits per heavy atom. The lowest BCUT2D eigenvalue weighted by molar-refractivity contribution is 0.594. The Labute approximate surface area is 187 Å². The summed E-state index contributed by atoms with van der Waals surface area (Å²) in [4.78, 5) is 9.92. The molecule has 2 heterocycles. The molecule has 0 amide bonds. The lowest BCUT2D eigenvalue weighted by Gasteiger charge is -2.22. The first-order chi connectivity index (χ1) is 15.2. The molecule has 2 aromatic carbocycles. The van der Waals surface area contributed by atoms with Crippen LogP contribution < -0.4 is 20.4 Å². The minimum Gasteiger partial charge on any atom is -0.372 e. The van der Waals surface area contributed by atoms with Gasteiger partial charge in [-0.25, -0.2) is 0 Å². The highest BCUT2D eigenvalue weighted by Crippen LogP contribution is 2.25. The first-order valence-corrected chi connectivity index (χ1v) is 11.9. The highest BCUT2D eigenvalue weighted by Gasteiger charge is 2.22. The summed E-state index contributed by atoms with van der Waals surface area (Å²) < 4.78 is 0. The molecule has 5 heteroatoms. The Balaban J connectivity index is 1.35. The van der Waals surface area contributed by atoms with Crippen LogP contribution in [-0.4, -0.2) is 45.2 Å². The van der Waals surface area contributed by atoms with Gasteiger partial charge in [0.15, 0.2) is 5.96 Å². The summed E-state index contributed by atoms with van der Waals surface area (Å²) in [5.74, 6) is 1.52. The van der Waals surface area contributed by atoms with Crippen molar-refractivity contribution < 1.29 is 0 Å². The summed E-state index contributed by atoms with van der Waals surface area (Å²) in [6.45, 7) is 10.6. The minimum absolute atomic E-state index is 0.213. The van der Waals surface area contributed by atoms with Crippen molar-refractivity contribution in [2.24, 2.45) is 10.9 Å². The van der Waals surface area contributed by atoms with E-state index in [9.17, 15) is 0 Å². The number of anilines is 2. The number of aliphatic imine (C=N–C) groups is 1. The van der Waals surface area contributed by atoms with Gasteiger partial charge in [0.25, 0.3) is 0 Å². The number of rotatable bonds is 7. The minimum atomic E-state index is 0.213. The third-order valence-electron chi connectivity index (χ3n) is 6.45.